The van der Waals surface area contributed by atoms with Crippen molar-refractivity contribution in [2.45, 2.75) is 32.3 Å². The van der Waals surface area contributed by atoms with E-state index in [-0.39, 0.29) is 25.0 Å². The summed E-state index contributed by atoms with van der Waals surface area (Å²) in [6, 6.07) is 3.31. The van der Waals surface area contributed by atoms with Crippen LogP contribution in [0.15, 0.2) is 12.1 Å². The largest absolute Gasteiger partial charge is 0.496 e. The molecule has 1 saturated heterocycles. The first-order valence-corrected chi connectivity index (χ1v) is 8.31. The van der Waals surface area contributed by atoms with Gasteiger partial charge in [-0.3, -0.25) is 9.59 Å². The number of carboxylic acids is 1. The highest BCUT2D eigenvalue weighted by atomic mass is 16.5. The third kappa shape index (κ3) is 4.85. The summed E-state index contributed by atoms with van der Waals surface area (Å²) < 4.78 is 16.2. The summed E-state index contributed by atoms with van der Waals surface area (Å²) in [6.07, 6.45) is 1.67. The lowest BCUT2D eigenvalue weighted by Crippen LogP contribution is -2.38. The number of nitrogens with zero attached hydrogens (tertiary/aromatic N) is 1. The van der Waals surface area contributed by atoms with E-state index >= 15 is 0 Å². The fourth-order valence-corrected chi connectivity index (χ4v) is 2.93. The third-order valence-corrected chi connectivity index (χ3v) is 4.33. The van der Waals surface area contributed by atoms with E-state index in [1.165, 1.54) is 19.1 Å². The number of aliphatic carboxylic acids is 1. The maximum atomic E-state index is 13.0. The molecule has 1 N–H and O–H groups in total. The number of amides is 1. The summed E-state index contributed by atoms with van der Waals surface area (Å²) >= 11 is 0. The number of ether oxygens (including phenoxy) is 3. The van der Waals surface area contributed by atoms with Crippen molar-refractivity contribution in [2.75, 3.05) is 33.9 Å². The van der Waals surface area contributed by atoms with Crippen LogP contribution in [0.5, 0.6) is 11.5 Å². The van der Waals surface area contributed by atoms with E-state index in [1.807, 2.05) is 6.92 Å². The second-order valence-electron chi connectivity index (χ2n) is 6.04. The normalized spacial score (nSPS) is 16.5. The molecular formula is C18H25NO6. The lowest BCUT2D eigenvalue weighted by molar-refractivity contribution is -0.137. The third-order valence-electron chi connectivity index (χ3n) is 4.33. The minimum absolute atomic E-state index is 0.0491. The van der Waals surface area contributed by atoms with Gasteiger partial charge >= 0.3 is 5.97 Å². The molecule has 0 radical (unpaired) electrons. The molecule has 1 aliphatic heterocycles. The van der Waals surface area contributed by atoms with Crippen LogP contribution in [-0.4, -0.2) is 61.9 Å². The Kier molecular flexibility index (Phi) is 6.64. The van der Waals surface area contributed by atoms with Gasteiger partial charge in [-0.2, -0.15) is 0 Å². The summed E-state index contributed by atoms with van der Waals surface area (Å²) in [6.45, 7) is 3.04. The molecule has 0 unspecified atom stereocenters. The van der Waals surface area contributed by atoms with E-state index in [0.717, 1.165) is 18.4 Å². The monoisotopic (exact) mass is 351 g/mol. The SMILES string of the molecule is COc1cc(C(=O)N(CCC(=O)O)C[C@H]2CCCO2)cc(OC)c1C. The van der Waals surface area contributed by atoms with Gasteiger partial charge < -0.3 is 24.2 Å². The van der Waals surface area contributed by atoms with Crippen LogP contribution >= 0.6 is 0 Å². The van der Waals surface area contributed by atoms with Gasteiger partial charge in [0, 0.05) is 30.8 Å². The molecular weight excluding hydrogens is 326 g/mol. The summed E-state index contributed by atoms with van der Waals surface area (Å²) in [7, 11) is 3.06. The van der Waals surface area contributed by atoms with E-state index in [1.54, 1.807) is 12.1 Å². The van der Waals surface area contributed by atoms with Crippen molar-refractivity contribution in [1.82, 2.24) is 4.90 Å². The average molecular weight is 351 g/mol. The van der Waals surface area contributed by atoms with Crippen molar-refractivity contribution in [3.63, 3.8) is 0 Å². The molecule has 1 aromatic carbocycles. The molecule has 1 amide bonds. The number of carboxylic acid groups (broad SMARTS) is 1. The van der Waals surface area contributed by atoms with Gasteiger partial charge in [-0.15, -0.1) is 0 Å². The number of methoxy groups -OCH3 is 2. The van der Waals surface area contributed by atoms with Crippen molar-refractivity contribution in [3.05, 3.63) is 23.3 Å². The van der Waals surface area contributed by atoms with Gasteiger partial charge in [-0.25, -0.2) is 0 Å². The molecule has 1 heterocycles. The second-order valence-corrected chi connectivity index (χ2v) is 6.04. The molecule has 1 atom stereocenters. The summed E-state index contributed by atoms with van der Waals surface area (Å²) in [5.41, 5.74) is 1.21. The van der Waals surface area contributed by atoms with Crippen molar-refractivity contribution < 1.29 is 28.9 Å². The minimum atomic E-state index is -0.941. The quantitative estimate of drug-likeness (QED) is 0.772. The van der Waals surface area contributed by atoms with E-state index in [4.69, 9.17) is 19.3 Å². The van der Waals surface area contributed by atoms with E-state index in [2.05, 4.69) is 0 Å². The average Bonchev–Trinajstić information content (AvgIpc) is 3.11. The zero-order chi connectivity index (χ0) is 18.4. The summed E-state index contributed by atoms with van der Waals surface area (Å²) in [4.78, 5) is 25.4. The molecule has 0 aromatic heterocycles. The topological polar surface area (TPSA) is 85.3 Å². The van der Waals surface area contributed by atoms with Gasteiger partial charge in [-0.05, 0) is 31.9 Å². The lowest BCUT2D eigenvalue weighted by Gasteiger charge is -2.25. The molecule has 1 aliphatic rings. The number of carbonyl (C=O) groups excluding carboxylic acids is 1. The number of rotatable bonds is 8. The highest BCUT2D eigenvalue weighted by Crippen LogP contribution is 2.30. The molecule has 0 bridgehead atoms. The van der Waals surface area contributed by atoms with Crippen molar-refractivity contribution >= 4 is 11.9 Å². The molecule has 7 nitrogen and oxygen atoms in total. The van der Waals surface area contributed by atoms with E-state index in [0.29, 0.717) is 30.2 Å². The summed E-state index contributed by atoms with van der Waals surface area (Å²) in [5, 5.41) is 8.97. The Morgan fingerprint density at radius 1 is 1.28 bits per heavy atom. The second kappa shape index (κ2) is 8.71. The van der Waals surface area contributed by atoms with Gasteiger partial charge in [-0.1, -0.05) is 0 Å². The molecule has 1 aromatic rings. The zero-order valence-electron chi connectivity index (χ0n) is 14.9. The minimum Gasteiger partial charge on any atom is -0.496 e. The summed E-state index contributed by atoms with van der Waals surface area (Å²) in [5.74, 6) is -0.0893. The predicted octanol–water partition coefficient (Wildman–Crippen LogP) is 2.11. The standard InChI is InChI=1S/C18H25NO6/c1-12-15(23-2)9-13(10-16(12)24-3)18(22)19(7-6-17(20)21)11-14-5-4-8-25-14/h9-10,14H,4-8,11H2,1-3H3,(H,20,21)/t14-/m1/s1. The first-order chi connectivity index (χ1) is 12.0. The van der Waals surface area contributed by atoms with Crippen molar-refractivity contribution in [2.24, 2.45) is 0 Å². The van der Waals surface area contributed by atoms with E-state index in [9.17, 15) is 9.59 Å². The van der Waals surface area contributed by atoms with Crippen LogP contribution in [0, 0.1) is 6.92 Å². The van der Waals surface area contributed by atoms with Gasteiger partial charge in [0.05, 0.1) is 26.7 Å². The molecule has 25 heavy (non-hydrogen) atoms. The molecule has 1 fully saturated rings. The Morgan fingerprint density at radius 2 is 1.92 bits per heavy atom. The van der Waals surface area contributed by atoms with Gasteiger partial charge in [0.1, 0.15) is 11.5 Å². The highest BCUT2D eigenvalue weighted by Gasteiger charge is 2.25. The molecule has 138 valence electrons. The fourth-order valence-electron chi connectivity index (χ4n) is 2.93. The van der Waals surface area contributed by atoms with Crippen LogP contribution in [0.1, 0.15) is 35.2 Å². The first-order valence-electron chi connectivity index (χ1n) is 8.31. The Labute approximate surface area is 147 Å². The lowest BCUT2D eigenvalue weighted by atomic mass is 10.1. The number of hydrogen-bond acceptors (Lipinski definition) is 5. The van der Waals surface area contributed by atoms with Crippen LogP contribution < -0.4 is 9.47 Å². The smallest absolute Gasteiger partial charge is 0.305 e. The Balaban J connectivity index is 2.25. The number of carbonyl (C=O) groups is 2. The maximum absolute atomic E-state index is 13.0. The van der Waals surface area contributed by atoms with Gasteiger partial charge in [0.25, 0.3) is 5.91 Å². The van der Waals surface area contributed by atoms with Gasteiger partial charge in [0.2, 0.25) is 0 Å². The molecule has 0 saturated carbocycles. The zero-order valence-corrected chi connectivity index (χ0v) is 14.9. The Bertz CT molecular complexity index is 599. The fraction of sp³-hybridized carbons (Fsp3) is 0.556. The molecule has 0 spiro atoms. The highest BCUT2D eigenvalue weighted by molar-refractivity contribution is 5.95. The molecule has 0 aliphatic carbocycles. The van der Waals surface area contributed by atoms with E-state index < -0.39 is 5.97 Å². The number of benzene rings is 1. The maximum Gasteiger partial charge on any atom is 0.305 e. The van der Waals surface area contributed by atoms with Crippen LogP contribution in [0.2, 0.25) is 0 Å². The predicted molar refractivity (Wildman–Crippen MR) is 91.4 cm³/mol. The Hall–Kier alpha value is -2.28. The van der Waals surface area contributed by atoms with Crippen LogP contribution in [0.25, 0.3) is 0 Å². The first kappa shape index (κ1) is 19.1. The van der Waals surface area contributed by atoms with Gasteiger partial charge in [0.15, 0.2) is 0 Å². The van der Waals surface area contributed by atoms with Crippen LogP contribution in [0.3, 0.4) is 0 Å². The van der Waals surface area contributed by atoms with Crippen LogP contribution in [0.4, 0.5) is 0 Å². The molecule has 2 rings (SSSR count). The number of hydrogen-bond donors (Lipinski definition) is 1. The van der Waals surface area contributed by atoms with Crippen LogP contribution in [-0.2, 0) is 9.53 Å². The molecule has 7 heteroatoms. The Morgan fingerprint density at radius 3 is 2.40 bits per heavy atom. The van der Waals surface area contributed by atoms with Crippen molar-refractivity contribution in [3.8, 4) is 11.5 Å². The van der Waals surface area contributed by atoms with Crippen molar-refractivity contribution in [1.29, 1.82) is 0 Å².